The maximum atomic E-state index is 11.6. The van der Waals surface area contributed by atoms with Crippen molar-refractivity contribution in [1.29, 1.82) is 0 Å². The van der Waals surface area contributed by atoms with Crippen LogP contribution in [0.15, 0.2) is 18.3 Å². The first-order valence-corrected chi connectivity index (χ1v) is 11.1. The number of nitrogens with zero attached hydrogens (tertiary/aromatic N) is 2. The minimum Gasteiger partial charge on any atom is -0.395 e. The number of halogens is 1. The van der Waals surface area contributed by atoms with Gasteiger partial charge in [0.15, 0.2) is 0 Å². The van der Waals surface area contributed by atoms with Gasteiger partial charge >= 0.3 is 0 Å². The molecule has 4 fully saturated rings. The zero-order chi connectivity index (χ0) is 19.9. The summed E-state index contributed by atoms with van der Waals surface area (Å²) < 4.78 is 0. The highest BCUT2D eigenvalue weighted by Gasteiger charge is 2.51. The van der Waals surface area contributed by atoms with Crippen LogP contribution in [0.25, 0.3) is 0 Å². The Balaban J connectivity index is 1.57. The summed E-state index contributed by atoms with van der Waals surface area (Å²) in [7, 11) is 0. The summed E-state index contributed by atoms with van der Waals surface area (Å²) in [6.07, 6.45) is 9.89. The quantitative estimate of drug-likeness (QED) is 0.650. The van der Waals surface area contributed by atoms with Gasteiger partial charge in [-0.15, -0.1) is 11.6 Å². The summed E-state index contributed by atoms with van der Waals surface area (Å²) in [5.74, 6) is 2.24. The molecule has 154 valence electrons. The lowest BCUT2D eigenvalue weighted by molar-refractivity contribution is -0.0744. The van der Waals surface area contributed by atoms with E-state index >= 15 is 0 Å². The molecule has 1 aromatic heterocycles. The SMILES string of the molecule is CC(c1cc(C(N)=O)ccn1)N(CC(Cl)CO)CC12CC3CC(CC(C3)C1)C2. The average Bonchev–Trinajstić information content (AvgIpc) is 2.65. The zero-order valence-corrected chi connectivity index (χ0v) is 17.4. The molecule has 4 bridgehead atoms. The van der Waals surface area contributed by atoms with Gasteiger partial charge in [0.1, 0.15) is 0 Å². The van der Waals surface area contributed by atoms with E-state index in [-0.39, 0.29) is 18.0 Å². The second-order valence-electron chi connectivity index (χ2n) is 9.64. The van der Waals surface area contributed by atoms with Crippen molar-refractivity contribution in [3.05, 3.63) is 29.6 Å². The van der Waals surface area contributed by atoms with Crippen molar-refractivity contribution >= 4 is 17.5 Å². The summed E-state index contributed by atoms with van der Waals surface area (Å²) in [5.41, 5.74) is 7.15. The minimum atomic E-state index is -0.436. The number of nitrogens with two attached hydrogens (primary N) is 1. The van der Waals surface area contributed by atoms with E-state index in [2.05, 4.69) is 16.8 Å². The molecule has 6 heteroatoms. The molecular weight excluding hydrogens is 374 g/mol. The van der Waals surface area contributed by atoms with Crippen LogP contribution in [0.5, 0.6) is 0 Å². The molecule has 0 saturated heterocycles. The van der Waals surface area contributed by atoms with Crippen molar-refractivity contribution in [3.63, 3.8) is 0 Å². The van der Waals surface area contributed by atoms with Gasteiger partial charge in [-0.25, -0.2) is 0 Å². The third-order valence-electron chi connectivity index (χ3n) is 7.38. The Bertz CT molecular complexity index is 690. The number of aromatic nitrogens is 1. The minimum absolute atomic E-state index is 0.0140. The first-order chi connectivity index (χ1) is 13.4. The van der Waals surface area contributed by atoms with Gasteiger partial charge in [0.25, 0.3) is 0 Å². The maximum absolute atomic E-state index is 11.6. The summed E-state index contributed by atoms with van der Waals surface area (Å²) >= 11 is 6.37. The molecule has 3 N–H and O–H groups in total. The van der Waals surface area contributed by atoms with Crippen molar-refractivity contribution < 1.29 is 9.90 Å². The number of rotatable bonds is 8. The normalized spacial score (nSPS) is 33.2. The van der Waals surface area contributed by atoms with Crippen molar-refractivity contribution in [2.24, 2.45) is 28.9 Å². The number of aliphatic hydroxyl groups excluding tert-OH is 1. The van der Waals surface area contributed by atoms with Crippen LogP contribution >= 0.6 is 11.6 Å². The first-order valence-electron chi connectivity index (χ1n) is 10.6. The van der Waals surface area contributed by atoms with Gasteiger partial charge < -0.3 is 10.8 Å². The van der Waals surface area contributed by atoms with Crippen LogP contribution in [0.1, 0.15) is 67.5 Å². The van der Waals surface area contributed by atoms with Crippen LogP contribution in [-0.2, 0) is 0 Å². The number of carbonyl (C=O) groups excluding carboxylic acids is 1. The van der Waals surface area contributed by atoms with Gasteiger partial charge in [-0.1, -0.05) is 0 Å². The third-order valence-corrected chi connectivity index (χ3v) is 7.65. The number of alkyl halides is 1. The van der Waals surface area contributed by atoms with E-state index in [0.717, 1.165) is 30.0 Å². The lowest BCUT2D eigenvalue weighted by Crippen LogP contribution is -2.52. The maximum Gasteiger partial charge on any atom is 0.248 e. The highest BCUT2D eigenvalue weighted by atomic mass is 35.5. The highest BCUT2D eigenvalue weighted by molar-refractivity contribution is 6.20. The molecule has 1 aromatic rings. The lowest BCUT2D eigenvalue weighted by Gasteiger charge is -2.58. The monoisotopic (exact) mass is 405 g/mol. The topological polar surface area (TPSA) is 79.5 Å². The van der Waals surface area contributed by atoms with Gasteiger partial charge in [0.2, 0.25) is 5.91 Å². The molecule has 1 heterocycles. The molecule has 2 atom stereocenters. The smallest absolute Gasteiger partial charge is 0.248 e. The zero-order valence-electron chi connectivity index (χ0n) is 16.7. The molecule has 1 amide bonds. The molecule has 0 aliphatic heterocycles. The van der Waals surface area contributed by atoms with Crippen LogP contribution in [0, 0.1) is 23.2 Å². The Kier molecular flexibility index (Phi) is 5.69. The van der Waals surface area contributed by atoms with E-state index in [9.17, 15) is 9.90 Å². The second-order valence-corrected chi connectivity index (χ2v) is 10.3. The molecule has 0 radical (unpaired) electrons. The van der Waals surface area contributed by atoms with E-state index in [1.165, 1.54) is 38.5 Å². The fourth-order valence-electron chi connectivity index (χ4n) is 6.60. The van der Waals surface area contributed by atoms with Gasteiger partial charge in [-0.05, 0) is 80.8 Å². The van der Waals surface area contributed by atoms with Crippen molar-refractivity contribution in [2.45, 2.75) is 56.9 Å². The van der Waals surface area contributed by atoms with Crippen LogP contribution in [0.3, 0.4) is 0 Å². The van der Waals surface area contributed by atoms with Crippen molar-refractivity contribution in [1.82, 2.24) is 9.88 Å². The molecular formula is C22H32ClN3O2. The fourth-order valence-corrected chi connectivity index (χ4v) is 6.78. The molecule has 0 aromatic carbocycles. The molecule has 4 aliphatic rings. The average molecular weight is 406 g/mol. The number of hydrogen-bond acceptors (Lipinski definition) is 4. The van der Waals surface area contributed by atoms with E-state index in [4.69, 9.17) is 17.3 Å². The second kappa shape index (κ2) is 7.92. The van der Waals surface area contributed by atoms with E-state index < -0.39 is 5.91 Å². The number of primary amides is 1. The van der Waals surface area contributed by atoms with Crippen molar-refractivity contribution in [3.8, 4) is 0 Å². The molecule has 2 unspecified atom stereocenters. The number of amides is 1. The fraction of sp³-hybridized carbons (Fsp3) is 0.727. The first kappa shape index (κ1) is 20.1. The summed E-state index contributed by atoms with van der Waals surface area (Å²) in [5, 5.41) is 9.24. The molecule has 4 saturated carbocycles. The highest BCUT2D eigenvalue weighted by Crippen LogP contribution is 2.60. The Morgan fingerprint density at radius 1 is 1.32 bits per heavy atom. The van der Waals surface area contributed by atoms with Crippen LogP contribution in [0.4, 0.5) is 0 Å². The van der Waals surface area contributed by atoms with Gasteiger partial charge in [-0.2, -0.15) is 0 Å². The third kappa shape index (κ3) is 4.07. The van der Waals surface area contributed by atoms with E-state index in [1.54, 1.807) is 18.3 Å². The van der Waals surface area contributed by atoms with E-state index in [1.807, 2.05) is 0 Å². The number of carbonyl (C=O) groups is 1. The molecule has 4 aliphatic carbocycles. The van der Waals surface area contributed by atoms with Crippen molar-refractivity contribution in [2.75, 3.05) is 19.7 Å². The largest absolute Gasteiger partial charge is 0.395 e. The molecule has 0 spiro atoms. The number of pyridine rings is 1. The van der Waals surface area contributed by atoms with Gasteiger partial charge in [0, 0.05) is 30.9 Å². The predicted octanol–water partition coefficient (Wildman–Crippen LogP) is 3.36. The van der Waals surface area contributed by atoms with Crippen LogP contribution in [-0.4, -0.2) is 46.0 Å². The Morgan fingerprint density at radius 2 is 1.93 bits per heavy atom. The molecule has 5 rings (SSSR count). The molecule has 5 nitrogen and oxygen atoms in total. The Labute approximate surface area is 172 Å². The summed E-state index contributed by atoms with van der Waals surface area (Å²) in [6.45, 7) is 3.68. The van der Waals surface area contributed by atoms with Gasteiger partial charge in [-0.3, -0.25) is 14.7 Å². The Hall–Kier alpha value is -1.17. The van der Waals surface area contributed by atoms with Crippen LogP contribution < -0.4 is 5.73 Å². The number of aliphatic hydroxyl groups is 1. The molecule has 28 heavy (non-hydrogen) atoms. The van der Waals surface area contributed by atoms with Gasteiger partial charge in [0.05, 0.1) is 17.7 Å². The van der Waals surface area contributed by atoms with Crippen LogP contribution in [0.2, 0.25) is 0 Å². The predicted molar refractivity (Wildman–Crippen MR) is 110 cm³/mol. The summed E-state index contributed by atoms with van der Waals surface area (Å²) in [6, 6.07) is 3.46. The lowest BCUT2D eigenvalue weighted by atomic mass is 9.49. The number of hydrogen-bond donors (Lipinski definition) is 2. The standard InChI is InChI=1S/C22H32ClN3O2/c1-14(20-7-18(21(24)28)2-3-25-20)26(11-19(23)12-27)13-22-8-15-4-16(9-22)6-17(5-15)10-22/h2-3,7,14-17,19,27H,4-6,8-13H2,1H3,(H2,24,28). The van der Waals surface area contributed by atoms with E-state index in [0.29, 0.717) is 17.5 Å². The summed E-state index contributed by atoms with van der Waals surface area (Å²) in [4.78, 5) is 18.5. The Morgan fingerprint density at radius 3 is 2.46 bits per heavy atom.